The van der Waals surface area contributed by atoms with Gasteiger partial charge in [-0.05, 0) is 43.0 Å². The number of halogens is 2. The van der Waals surface area contributed by atoms with Gasteiger partial charge in [0, 0.05) is 12.6 Å². The van der Waals surface area contributed by atoms with E-state index in [1.54, 1.807) is 12.1 Å². The lowest BCUT2D eigenvalue weighted by Crippen LogP contribution is -2.30. The van der Waals surface area contributed by atoms with E-state index < -0.39 is 6.10 Å². The highest BCUT2D eigenvalue weighted by Crippen LogP contribution is 2.31. The summed E-state index contributed by atoms with van der Waals surface area (Å²) in [7, 11) is 0. The van der Waals surface area contributed by atoms with Gasteiger partial charge in [-0.15, -0.1) is 0 Å². The van der Waals surface area contributed by atoms with Crippen LogP contribution in [0.25, 0.3) is 0 Å². The van der Waals surface area contributed by atoms with Crippen LogP contribution in [0.3, 0.4) is 0 Å². The molecule has 0 radical (unpaired) electrons. The highest BCUT2D eigenvalue weighted by molar-refractivity contribution is 6.38. The zero-order valence-corrected chi connectivity index (χ0v) is 14.6. The third kappa shape index (κ3) is 5.40. The molecule has 0 saturated heterocycles. The molecule has 3 nitrogen and oxygen atoms in total. The molecule has 0 amide bonds. The summed E-state index contributed by atoms with van der Waals surface area (Å²) in [6.07, 6.45) is 1.33. The van der Waals surface area contributed by atoms with E-state index >= 15 is 0 Å². The topological polar surface area (TPSA) is 58.3 Å². The molecule has 0 heterocycles. The molecule has 0 fully saturated rings. The van der Waals surface area contributed by atoms with Crippen molar-refractivity contribution in [2.45, 2.75) is 31.9 Å². The first-order valence-corrected chi connectivity index (χ1v) is 8.42. The molecule has 0 spiro atoms. The Morgan fingerprint density at radius 1 is 1.13 bits per heavy atom. The van der Waals surface area contributed by atoms with Crippen molar-refractivity contribution in [2.24, 2.45) is 0 Å². The Bertz CT molecular complexity index is 611. The van der Waals surface area contributed by atoms with Gasteiger partial charge in [-0.1, -0.05) is 53.5 Å². The summed E-state index contributed by atoms with van der Waals surface area (Å²) in [5.41, 5.74) is 8.03. The van der Waals surface area contributed by atoms with Gasteiger partial charge in [-0.25, -0.2) is 0 Å². The van der Waals surface area contributed by atoms with Crippen LogP contribution in [0.2, 0.25) is 10.0 Å². The number of benzene rings is 2. The number of aliphatic hydroxyl groups is 1. The molecule has 2 aromatic carbocycles. The second-order valence-electron chi connectivity index (χ2n) is 5.75. The standard InChI is InChI=1S/C18H22Cl2N2O/c1-12(7-8-13-5-3-2-4-6-13)22-11-17(23)14-9-15(19)18(21)16(20)10-14/h2-6,9-10,12,17,22-23H,7-8,11,21H2,1H3. The van der Waals surface area contributed by atoms with Crippen LogP contribution in [0.4, 0.5) is 5.69 Å². The lowest BCUT2D eigenvalue weighted by atomic mass is 10.1. The number of rotatable bonds is 7. The van der Waals surface area contributed by atoms with E-state index in [1.165, 1.54) is 5.56 Å². The highest BCUT2D eigenvalue weighted by atomic mass is 35.5. The molecule has 0 saturated carbocycles. The third-order valence-electron chi connectivity index (χ3n) is 3.85. The lowest BCUT2D eigenvalue weighted by Gasteiger charge is -2.18. The second-order valence-corrected chi connectivity index (χ2v) is 6.56. The van der Waals surface area contributed by atoms with Crippen LogP contribution in [-0.2, 0) is 6.42 Å². The average molecular weight is 353 g/mol. The smallest absolute Gasteiger partial charge is 0.0915 e. The van der Waals surface area contributed by atoms with E-state index in [0.29, 0.717) is 33.9 Å². The molecule has 2 atom stereocenters. The van der Waals surface area contributed by atoms with Crippen molar-refractivity contribution in [1.82, 2.24) is 5.32 Å². The molecular formula is C18H22Cl2N2O. The minimum absolute atomic E-state index is 0.296. The number of hydrogen-bond acceptors (Lipinski definition) is 3. The van der Waals surface area contributed by atoms with E-state index in [2.05, 4.69) is 24.4 Å². The van der Waals surface area contributed by atoms with Crippen molar-refractivity contribution < 1.29 is 5.11 Å². The van der Waals surface area contributed by atoms with Gasteiger partial charge in [-0.3, -0.25) is 0 Å². The van der Waals surface area contributed by atoms with Crippen LogP contribution in [0, 0.1) is 0 Å². The predicted octanol–water partition coefficient (Wildman–Crippen LogP) is 4.22. The Kier molecular flexibility index (Phi) is 6.72. The fourth-order valence-electron chi connectivity index (χ4n) is 2.36. The Balaban J connectivity index is 1.83. The monoisotopic (exact) mass is 352 g/mol. The minimum Gasteiger partial charge on any atom is -0.396 e. The number of aliphatic hydroxyl groups excluding tert-OH is 1. The number of hydrogen-bond donors (Lipinski definition) is 3. The van der Waals surface area contributed by atoms with Gasteiger partial charge < -0.3 is 16.2 Å². The normalized spacial score (nSPS) is 13.7. The second kappa shape index (κ2) is 8.55. The number of nitrogens with two attached hydrogens (primary N) is 1. The minimum atomic E-state index is -0.676. The number of aryl methyl sites for hydroxylation is 1. The SMILES string of the molecule is CC(CCc1ccccc1)NCC(O)c1cc(Cl)c(N)c(Cl)c1. The average Bonchev–Trinajstić information content (AvgIpc) is 2.56. The molecule has 0 aliphatic heterocycles. The van der Waals surface area contributed by atoms with Crippen LogP contribution in [-0.4, -0.2) is 17.7 Å². The van der Waals surface area contributed by atoms with E-state index in [1.807, 2.05) is 18.2 Å². The fourth-order valence-corrected chi connectivity index (χ4v) is 2.86. The van der Waals surface area contributed by atoms with E-state index in [0.717, 1.165) is 12.8 Å². The van der Waals surface area contributed by atoms with Gasteiger partial charge >= 0.3 is 0 Å². The Labute approximate surface area is 147 Å². The molecule has 124 valence electrons. The Morgan fingerprint density at radius 2 is 1.74 bits per heavy atom. The maximum absolute atomic E-state index is 10.3. The van der Waals surface area contributed by atoms with Crippen molar-refractivity contribution in [1.29, 1.82) is 0 Å². The van der Waals surface area contributed by atoms with Crippen LogP contribution in [0.1, 0.15) is 30.6 Å². The fraction of sp³-hybridized carbons (Fsp3) is 0.333. The van der Waals surface area contributed by atoms with Crippen molar-refractivity contribution in [3.63, 3.8) is 0 Å². The molecule has 2 aromatic rings. The predicted molar refractivity (Wildman–Crippen MR) is 98.1 cm³/mol. The summed E-state index contributed by atoms with van der Waals surface area (Å²) in [6.45, 7) is 2.55. The number of nitrogens with one attached hydrogen (secondary N) is 1. The first-order valence-electron chi connectivity index (χ1n) is 7.67. The van der Waals surface area contributed by atoms with Crippen molar-refractivity contribution in [2.75, 3.05) is 12.3 Å². The van der Waals surface area contributed by atoms with Crippen LogP contribution < -0.4 is 11.1 Å². The molecule has 0 aromatic heterocycles. The number of nitrogen functional groups attached to an aromatic ring is 1. The van der Waals surface area contributed by atoms with Crippen molar-refractivity contribution >= 4 is 28.9 Å². The van der Waals surface area contributed by atoms with Gasteiger partial charge in [0.2, 0.25) is 0 Å². The molecule has 2 unspecified atom stereocenters. The molecule has 23 heavy (non-hydrogen) atoms. The van der Waals surface area contributed by atoms with E-state index in [-0.39, 0.29) is 0 Å². The Morgan fingerprint density at radius 3 is 2.35 bits per heavy atom. The molecule has 2 rings (SSSR count). The third-order valence-corrected chi connectivity index (χ3v) is 4.48. The van der Waals surface area contributed by atoms with Crippen molar-refractivity contribution in [3.8, 4) is 0 Å². The van der Waals surface area contributed by atoms with Gasteiger partial charge in [0.25, 0.3) is 0 Å². The maximum Gasteiger partial charge on any atom is 0.0915 e. The van der Waals surface area contributed by atoms with E-state index in [4.69, 9.17) is 28.9 Å². The number of anilines is 1. The molecule has 0 bridgehead atoms. The maximum atomic E-state index is 10.3. The zero-order chi connectivity index (χ0) is 16.8. The van der Waals surface area contributed by atoms with Crippen LogP contribution in [0.5, 0.6) is 0 Å². The highest BCUT2D eigenvalue weighted by Gasteiger charge is 2.13. The zero-order valence-electron chi connectivity index (χ0n) is 13.1. The van der Waals surface area contributed by atoms with Gasteiger partial charge in [0.1, 0.15) is 0 Å². The summed E-state index contributed by atoms with van der Waals surface area (Å²) < 4.78 is 0. The summed E-state index contributed by atoms with van der Waals surface area (Å²) in [4.78, 5) is 0. The van der Waals surface area contributed by atoms with Gasteiger partial charge in [0.05, 0.1) is 21.8 Å². The first-order chi connectivity index (χ1) is 11.0. The first kappa shape index (κ1) is 18.1. The molecule has 5 heteroatoms. The summed E-state index contributed by atoms with van der Waals surface area (Å²) >= 11 is 12.0. The van der Waals surface area contributed by atoms with Gasteiger partial charge in [0.15, 0.2) is 0 Å². The van der Waals surface area contributed by atoms with E-state index in [9.17, 15) is 5.11 Å². The lowest BCUT2D eigenvalue weighted by molar-refractivity contribution is 0.170. The van der Waals surface area contributed by atoms with Gasteiger partial charge in [-0.2, -0.15) is 0 Å². The molecule has 0 aliphatic carbocycles. The summed E-state index contributed by atoms with van der Waals surface area (Å²) in [5, 5.41) is 14.3. The van der Waals surface area contributed by atoms with Crippen LogP contribution >= 0.6 is 23.2 Å². The van der Waals surface area contributed by atoms with Crippen molar-refractivity contribution in [3.05, 3.63) is 63.6 Å². The molecular weight excluding hydrogens is 331 g/mol. The largest absolute Gasteiger partial charge is 0.396 e. The molecule has 4 N–H and O–H groups in total. The van der Waals surface area contributed by atoms with Crippen LogP contribution in [0.15, 0.2) is 42.5 Å². The molecule has 0 aliphatic rings. The quantitative estimate of drug-likeness (QED) is 0.653. The summed E-state index contributed by atoms with van der Waals surface area (Å²) in [5.74, 6) is 0. The Hall–Kier alpha value is -1.26. The summed E-state index contributed by atoms with van der Waals surface area (Å²) in [6, 6.07) is 14.0.